The molecule has 0 aliphatic carbocycles. The maximum Gasteiger partial charge on any atom is 1.00 e. The average molecular weight is 296 g/mol. The van der Waals surface area contributed by atoms with E-state index < -0.39 is 11.9 Å². The van der Waals surface area contributed by atoms with Crippen LogP contribution in [0.15, 0.2) is 9.93 Å². The van der Waals surface area contributed by atoms with Crippen LogP contribution in [0, 0.1) is 0 Å². The van der Waals surface area contributed by atoms with Crippen LogP contribution in [0.1, 0.15) is 12.8 Å². The van der Waals surface area contributed by atoms with Gasteiger partial charge in [-0.05, 0) is 0 Å². The third-order valence-corrected chi connectivity index (χ3v) is 4.92. The number of rotatable bonds is 5. The van der Waals surface area contributed by atoms with Crippen molar-refractivity contribution in [2.75, 3.05) is 5.75 Å². The van der Waals surface area contributed by atoms with Crippen molar-refractivity contribution in [2.45, 2.75) is 18.2 Å². The molecule has 1 atom stereocenters. The minimum absolute atomic E-state index is 0. The fraction of sp³-hybridized carbons (Fsp3) is 0.444. The standard InChI is InChI=1S/C9H10N2O4S2.Na/c10-4(12)1-2-16-9-7(8(14)15)11-5(13)3-6(11)17-9;/h6H,1-3H2,(H2,10,12)(H,14,15);/q;+1/p-1/t6-;/m0./s1. The number of carboxylic acid groups (broad SMARTS) is 1. The van der Waals surface area contributed by atoms with Gasteiger partial charge in [0.25, 0.3) is 0 Å². The topological polar surface area (TPSA) is 104 Å². The molecule has 0 aromatic heterocycles. The van der Waals surface area contributed by atoms with Crippen LogP contribution in [0.4, 0.5) is 0 Å². The van der Waals surface area contributed by atoms with Gasteiger partial charge in [0.15, 0.2) is 0 Å². The first-order valence-corrected chi connectivity index (χ1v) is 6.72. The van der Waals surface area contributed by atoms with Gasteiger partial charge < -0.3 is 15.6 Å². The molecule has 0 bridgehead atoms. The van der Waals surface area contributed by atoms with Crippen LogP contribution in [-0.2, 0) is 14.4 Å². The zero-order valence-electron chi connectivity index (χ0n) is 9.67. The van der Waals surface area contributed by atoms with Crippen LogP contribution in [0.2, 0.25) is 0 Å². The van der Waals surface area contributed by atoms with Crippen LogP contribution in [-0.4, -0.2) is 33.8 Å². The maximum atomic E-state index is 11.3. The molecule has 92 valence electrons. The summed E-state index contributed by atoms with van der Waals surface area (Å²) in [5, 5.41) is 10.8. The maximum absolute atomic E-state index is 11.3. The molecule has 6 nitrogen and oxygen atoms in total. The smallest absolute Gasteiger partial charge is 0.543 e. The van der Waals surface area contributed by atoms with E-state index in [2.05, 4.69) is 0 Å². The van der Waals surface area contributed by atoms with Gasteiger partial charge in [0.2, 0.25) is 11.8 Å². The molecular weight excluding hydrogens is 287 g/mol. The Hall–Kier alpha value is -0.150. The van der Waals surface area contributed by atoms with E-state index in [0.717, 1.165) is 0 Å². The number of fused-ring (bicyclic) bond motifs is 1. The van der Waals surface area contributed by atoms with Crippen LogP contribution in [0.3, 0.4) is 0 Å². The fourth-order valence-electron chi connectivity index (χ4n) is 1.56. The number of hydrogen-bond acceptors (Lipinski definition) is 6. The molecule has 1 saturated heterocycles. The number of thioether (sulfide) groups is 2. The summed E-state index contributed by atoms with van der Waals surface area (Å²) >= 11 is 2.55. The third kappa shape index (κ3) is 3.05. The van der Waals surface area contributed by atoms with Crippen molar-refractivity contribution >= 4 is 41.3 Å². The van der Waals surface area contributed by atoms with Crippen molar-refractivity contribution in [1.82, 2.24) is 4.90 Å². The second kappa shape index (κ2) is 6.33. The minimum atomic E-state index is -1.35. The van der Waals surface area contributed by atoms with E-state index in [-0.39, 0.29) is 53.0 Å². The van der Waals surface area contributed by atoms with E-state index >= 15 is 0 Å². The first kappa shape index (κ1) is 15.9. The summed E-state index contributed by atoms with van der Waals surface area (Å²) in [6.07, 6.45) is 0.523. The van der Waals surface area contributed by atoms with E-state index in [1.54, 1.807) is 0 Å². The monoisotopic (exact) mass is 296 g/mol. The number of hydrogen-bond donors (Lipinski definition) is 1. The molecule has 0 aromatic rings. The van der Waals surface area contributed by atoms with Crippen LogP contribution in [0.5, 0.6) is 0 Å². The Bertz CT molecular complexity index is 440. The quantitative estimate of drug-likeness (QED) is 0.408. The number of carbonyl (C=O) groups excluding carboxylic acids is 3. The van der Waals surface area contributed by atoms with Crippen molar-refractivity contribution in [2.24, 2.45) is 5.73 Å². The van der Waals surface area contributed by atoms with Crippen molar-refractivity contribution in [3.05, 3.63) is 9.93 Å². The molecule has 2 N–H and O–H groups in total. The van der Waals surface area contributed by atoms with Gasteiger partial charge in [0, 0.05) is 12.2 Å². The van der Waals surface area contributed by atoms with Gasteiger partial charge in [-0.15, -0.1) is 11.8 Å². The number of β-lactam (4-membered cyclic amide) rings is 1. The molecule has 0 aromatic carbocycles. The van der Waals surface area contributed by atoms with Gasteiger partial charge in [0.05, 0.1) is 27.7 Å². The number of nitrogens with two attached hydrogens (primary N) is 1. The number of amides is 2. The van der Waals surface area contributed by atoms with Gasteiger partial charge in [-0.2, -0.15) is 0 Å². The molecule has 2 heterocycles. The summed E-state index contributed by atoms with van der Waals surface area (Å²) in [6.45, 7) is 0. The number of nitrogens with zero attached hydrogens (tertiary/aromatic N) is 1. The van der Waals surface area contributed by atoms with Crippen LogP contribution < -0.4 is 40.4 Å². The molecule has 1 fully saturated rings. The number of aliphatic carboxylic acids is 1. The van der Waals surface area contributed by atoms with Crippen LogP contribution >= 0.6 is 23.5 Å². The zero-order chi connectivity index (χ0) is 12.6. The predicted molar refractivity (Wildman–Crippen MR) is 61.1 cm³/mol. The van der Waals surface area contributed by atoms with Gasteiger partial charge in [-0.25, -0.2) is 0 Å². The summed E-state index contributed by atoms with van der Waals surface area (Å²) in [5.74, 6) is -1.58. The van der Waals surface area contributed by atoms with Crippen molar-refractivity contribution < 1.29 is 49.0 Å². The molecular formula is C9H9N2NaO4S2. The summed E-state index contributed by atoms with van der Waals surface area (Å²) in [6, 6.07) is 0. The Morgan fingerprint density at radius 2 is 2.22 bits per heavy atom. The molecule has 0 radical (unpaired) electrons. The number of carbonyl (C=O) groups is 3. The molecule has 9 heteroatoms. The molecule has 2 aliphatic rings. The zero-order valence-corrected chi connectivity index (χ0v) is 13.3. The van der Waals surface area contributed by atoms with E-state index in [1.807, 2.05) is 0 Å². The molecule has 0 unspecified atom stereocenters. The molecule has 2 aliphatic heterocycles. The van der Waals surface area contributed by atoms with E-state index in [9.17, 15) is 19.5 Å². The Balaban J connectivity index is 0.00000162. The van der Waals surface area contributed by atoms with Gasteiger partial charge in [-0.1, -0.05) is 11.8 Å². The Morgan fingerprint density at radius 1 is 1.56 bits per heavy atom. The summed E-state index contributed by atoms with van der Waals surface area (Å²) in [4.78, 5) is 34.0. The Kier molecular flexibility index (Phi) is 5.60. The largest absolute Gasteiger partial charge is 1.00 e. The Morgan fingerprint density at radius 3 is 2.72 bits per heavy atom. The molecule has 18 heavy (non-hydrogen) atoms. The van der Waals surface area contributed by atoms with E-state index in [0.29, 0.717) is 16.4 Å². The van der Waals surface area contributed by atoms with Crippen molar-refractivity contribution in [1.29, 1.82) is 0 Å². The normalized spacial score (nSPS) is 21.2. The van der Waals surface area contributed by atoms with Crippen LogP contribution in [0.25, 0.3) is 0 Å². The second-order valence-electron chi connectivity index (χ2n) is 3.53. The number of carboxylic acids is 1. The first-order valence-electron chi connectivity index (χ1n) is 4.86. The molecule has 0 spiro atoms. The molecule has 2 amide bonds. The second-order valence-corrected chi connectivity index (χ2v) is 6.08. The number of primary amides is 1. The summed E-state index contributed by atoms with van der Waals surface area (Å²) in [7, 11) is 0. The predicted octanol–water partition coefficient (Wildman–Crippen LogP) is -4.18. The third-order valence-electron chi connectivity index (χ3n) is 2.36. The molecule has 2 rings (SSSR count). The first-order chi connectivity index (χ1) is 8.00. The minimum Gasteiger partial charge on any atom is -0.543 e. The SMILES string of the molecule is NC(=O)CCSC1=C(C(=O)[O-])N2C(=O)C[C@@H]2S1.[Na+]. The van der Waals surface area contributed by atoms with E-state index in [1.165, 1.54) is 28.4 Å². The Labute approximate surface area is 134 Å². The average Bonchev–Trinajstić information content (AvgIpc) is 2.50. The molecule has 0 saturated carbocycles. The van der Waals surface area contributed by atoms with Gasteiger partial charge >= 0.3 is 29.6 Å². The summed E-state index contributed by atoms with van der Waals surface area (Å²) < 4.78 is 0.530. The van der Waals surface area contributed by atoms with Gasteiger partial charge in [0.1, 0.15) is 0 Å². The fourth-order valence-corrected chi connectivity index (χ4v) is 4.31. The van der Waals surface area contributed by atoms with E-state index in [4.69, 9.17) is 5.73 Å². The van der Waals surface area contributed by atoms with Gasteiger partial charge in [-0.3, -0.25) is 14.5 Å². The van der Waals surface area contributed by atoms with Crippen molar-refractivity contribution in [3.63, 3.8) is 0 Å². The summed E-state index contributed by atoms with van der Waals surface area (Å²) in [5.41, 5.74) is 4.93. The van der Waals surface area contributed by atoms with Crippen molar-refractivity contribution in [3.8, 4) is 0 Å².